The van der Waals surface area contributed by atoms with Gasteiger partial charge in [0.1, 0.15) is 5.78 Å². The van der Waals surface area contributed by atoms with E-state index < -0.39 is 0 Å². The van der Waals surface area contributed by atoms with Crippen molar-refractivity contribution in [2.24, 2.45) is 5.92 Å². The lowest BCUT2D eigenvalue weighted by atomic mass is 9.96. The van der Waals surface area contributed by atoms with E-state index in [4.69, 9.17) is 0 Å². The normalized spacial score (nSPS) is 12.1. The van der Waals surface area contributed by atoms with E-state index in [-0.39, 0.29) is 11.7 Å². The van der Waals surface area contributed by atoms with Crippen LogP contribution in [0, 0.1) is 5.92 Å². The van der Waals surface area contributed by atoms with Crippen LogP contribution in [0.15, 0.2) is 23.8 Å². The Morgan fingerprint density at radius 1 is 1.06 bits per heavy atom. The van der Waals surface area contributed by atoms with Crippen LogP contribution in [0.3, 0.4) is 0 Å². The first-order chi connectivity index (χ1) is 8.13. The molecule has 0 spiro atoms. The first-order valence-corrected chi connectivity index (χ1v) is 7.00. The number of rotatable bonds is 5. The van der Waals surface area contributed by atoms with E-state index in [0.29, 0.717) is 0 Å². The number of carbonyl (C=O) groups is 1. The second-order valence-electron chi connectivity index (χ2n) is 3.26. The molecule has 0 amide bonds. The summed E-state index contributed by atoms with van der Waals surface area (Å²) in [5.41, 5.74) is 1.15. The van der Waals surface area contributed by atoms with E-state index in [1.165, 1.54) is 0 Å². The van der Waals surface area contributed by atoms with Crippen molar-refractivity contribution in [1.82, 2.24) is 0 Å². The summed E-state index contributed by atoms with van der Waals surface area (Å²) in [6.45, 7) is 15.8. The van der Waals surface area contributed by atoms with Gasteiger partial charge in [0.2, 0.25) is 0 Å². The SMILES string of the molecule is CC.CC.CC/C=C\C(=C/CC)C(C)C(C)=O. The molecule has 0 bridgehead atoms. The summed E-state index contributed by atoms with van der Waals surface area (Å²) < 4.78 is 0. The maximum atomic E-state index is 11.1. The third kappa shape index (κ3) is 13.1. The van der Waals surface area contributed by atoms with Gasteiger partial charge in [-0.2, -0.15) is 0 Å². The van der Waals surface area contributed by atoms with Crippen molar-refractivity contribution in [2.45, 2.75) is 68.2 Å². The van der Waals surface area contributed by atoms with Crippen molar-refractivity contribution in [2.75, 3.05) is 0 Å². The van der Waals surface area contributed by atoms with Gasteiger partial charge < -0.3 is 0 Å². The first kappa shape index (κ1) is 21.4. The highest BCUT2D eigenvalue weighted by Crippen LogP contribution is 2.14. The largest absolute Gasteiger partial charge is 0.299 e. The van der Waals surface area contributed by atoms with Crippen molar-refractivity contribution >= 4 is 5.78 Å². The zero-order valence-electron chi connectivity index (χ0n) is 13.1. The number of allylic oxidation sites excluding steroid dienone is 4. The molecule has 0 aromatic heterocycles. The highest BCUT2D eigenvalue weighted by molar-refractivity contribution is 5.81. The van der Waals surface area contributed by atoms with E-state index in [1.54, 1.807) is 6.92 Å². The molecule has 0 heterocycles. The molecule has 0 fully saturated rings. The van der Waals surface area contributed by atoms with E-state index in [9.17, 15) is 4.79 Å². The third-order valence-corrected chi connectivity index (χ3v) is 2.10. The fourth-order valence-electron chi connectivity index (χ4n) is 1.11. The van der Waals surface area contributed by atoms with Gasteiger partial charge in [-0.05, 0) is 25.3 Å². The quantitative estimate of drug-likeness (QED) is 0.574. The minimum Gasteiger partial charge on any atom is -0.299 e. The summed E-state index contributed by atoms with van der Waals surface area (Å²) in [7, 11) is 0. The minimum atomic E-state index is 0.0442. The summed E-state index contributed by atoms with van der Waals surface area (Å²) >= 11 is 0. The molecule has 1 nitrogen and oxygen atoms in total. The monoisotopic (exact) mass is 240 g/mol. The predicted molar refractivity (Wildman–Crippen MR) is 80.3 cm³/mol. The maximum absolute atomic E-state index is 11.1. The summed E-state index contributed by atoms with van der Waals surface area (Å²) in [4.78, 5) is 11.1. The van der Waals surface area contributed by atoms with Crippen LogP contribution < -0.4 is 0 Å². The van der Waals surface area contributed by atoms with Crippen molar-refractivity contribution in [3.05, 3.63) is 23.8 Å². The Hall–Kier alpha value is -0.850. The fraction of sp³-hybridized carbons (Fsp3) is 0.688. The van der Waals surface area contributed by atoms with Crippen molar-refractivity contribution in [1.29, 1.82) is 0 Å². The van der Waals surface area contributed by atoms with E-state index >= 15 is 0 Å². The van der Waals surface area contributed by atoms with Gasteiger partial charge >= 0.3 is 0 Å². The lowest BCUT2D eigenvalue weighted by Gasteiger charge is -2.08. The maximum Gasteiger partial charge on any atom is 0.136 e. The molecule has 0 saturated carbocycles. The van der Waals surface area contributed by atoms with Gasteiger partial charge in [-0.15, -0.1) is 0 Å². The molecule has 0 aliphatic heterocycles. The van der Waals surface area contributed by atoms with Crippen molar-refractivity contribution < 1.29 is 4.79 Å². The second kappa shape index (κ2) is 17.5. The fourth-order valence-corrected chi connectivity index (χ4v) is 1.11. The molecule has 0 aromatic carbocycles. The van der Waals surface area contributed by atoms with Gasteiger partial charge in [0.05, 0.1) is 0 Å². The topological polar surface area (TPSA) is 17.1 Å². The Bertz CT molecular complexity index is 212. The lowest BCUT2D eigenvalue weighted by Crippen LogP contribution is -2.08. The number of hydrogen-bond donors (Lipinski definition) is 0. The molecule has 0 rings (SSSR count). The number of carbonyl (C=O) groups excluding carboxylic acids is 1. The molecule has 102 valence electrons. The molecule has 0 saturated heterocycles. The smallest absolute Gasteiger partial charge is 0.136 e. The molecule has 1 atom stereocenters. The number of ketones is 1. The molecule has 0 aliphatic rings. The second-order valence-corrected chi connectivity index (χ2v) is 3.26. The van der Waals surface area contributed by atoms with Gasteiger partial charge in [0, 0.05) is 5.92 Å². The van der Waals surface area contributed by atoms with Crippen molar-refractivity contribution in [3.8, 4) is 0 Å². The first-order valence-electron chi connectivity index (χ1n) is 7.00. The van der Waals surface area contributed by atoms with Crippen LogP contribution in [0.4, 0.5) is 0 Å². The zero-order valence-corrected chi connectivity index (χ0v) is 13.1. The minimum absolute atomic E-state index is 0.0442. The molecule has 0 aliphatic carbocycles. The average Bonchev–Trinajstić information content (AvgIpc) is 2.38. The molecule has 1 unspecified atom stereocenters. The Labute approximate surface area is 109 Å². The van der Waals surface area contributed by atoms with E-state index in [1.807, 2.05) is 34.6 Å². The Balaban J connectivity index is -0.000000439. The van der Waals surface area contributed by atoms with Gasteiger partial charge in [0.15, 0.2) is 0 Å². The Morgan fingerprint density at radius 3 is 1.82 bits per heavy atom. The molecule has 0 N–H and O–H groups in total. The predicted octanol–water partition coefficient (Wildman–Crippen LogP) is 5.57. The molecule has 0 radical (unpaired) electrons. The summed E-state index contributed by atoms with van der Waals surface area (Å²) in [6, 6.07) is 0. The zero-order chi connectivity index (χ0) is 14.3. The summed E-state index contributed by atoms with van der Waals surface area (Å²) in [6.07, 6.45) is 8.29. The van der Waals surface area contributed by atoms with Gasteiger partial charge in [0.25, 0.3) is 0 Å². The van der Waals surface area contributed by atoms with Crippen LogP contribution >= 0.6 is 0 Å². The standard InChI is InChI=1S/C12H20O.2C2H6/c1-5-7-9-12(8-6-2)10(3)11(4)13;2*1-2/h7-10H,5-6H2,1-4H3;2*1-2H3/b9-7-,12-8+;;. The molecule has 17 heavy (non-hydrogen) atoms. The summed E-state index contributed by atoms with van der Waals surface area (Å²) in [5, 5.41) is 0. The van der Waals surface area contributed by atoms with E-state index in [0.717, 1.165) is 18.4 Å². The van der Waals surface area contributed by atoms with Crippen LogP contribution in [-0.2, 0) is 4.79 Å². The molecular formula is C16H32O. The van der Waals surface area contributed by atoms with Gasteiger partial charge in [-0.25, -0.2) is 0 Å². The van der Waals surface area contributed by atoms with Crippen LogP contribution in [0.5, 0.6) is 0 Å². The van der Waals surface area contributed by atoms with Gasteiger partial charge in [-0.1, -0.05) is 66.7 Å². The van der Waals surface area contributed by atoms with E-state index in [2.05, 4.69) is 32.1 Å². The molecule has 0 aromatic rings. The van der Waals surface area contributed by atoms with Crippen LogP contribution in [0.25, 0.3) is 0 Å². The average molecular weight is 240 g/mol. The highest BCUT2D eigenvalue weighted by Gasteiger charge is 2.09. The van der Waals surface area contributed by atoms with Crippen LogP contribution in [0.2, 0.25) is 0 Å². The lowest BCUT2D eigenvalue weighted by molar-refractivity contribution is -0.119. The van der Waals surface area contributed by atoms with Gasteiger partial charge in [-0.3, -0.25) is 4.79 Å². The van der Waals surface area contributed by atoms with Crippen LogP contribution in [-0.4, -0.2) is 5.78 Å². The Morgan fingerprint density at radius 2 is 1.53 bits per heavy atom. The third-order valence-electron chi connectivity index (χ3n) is 2.10. The van der Waals surface area contributed by atoms with Crippen LogP contribution in [0.1, 0.15) is 68.2 Å². The number of Topliss-reactive ketones (excluding diaryl/α,β-unsaturated/α-hetero) is 1. The summed E-state index contributed by atoms with van der Waals surface area (Å²) in [5.74, 6) is 0.281. The van der Waals surface area contributed by atoms with Crippen molar-refractivity contribution in [3.63, 3.8) is 0 Å². The number of hydrogen-bond acceptors (Lipinski definition) is 1. The molecule has 1 heteroatoms. The highest BCUT2D eigenvalue weighted by atomic mass is 16.1. The molecular weight excluding hydrogens is 208 g/mol. The Kier molecular flexibility index (Phi) is 22.1.